The first-order valence-corrected chi connectivity index (χ1v) is 5.98. The van der Waals surface area contributed by atoms with Gasteiger partial charge in [-0.3, -0.25) is 4.79 Å². The van der Waals surface area contributed by atoms with Gasteiger partial charge in [-0.25, -0.2) is 4.39 Å². The predicted octanol–water partition coefficient (Wildman–Crippen LogP) is 2.01. The van der Waals surface area contributed by atoms with Crippen LogP contribution in [-0.4, -0.2) is 18.5 Å². The fourth-order valence-electron chi connectivity index (χ4n) is 2.07. The van der Waals surface area contributed by atoms with Crippen molar-refractivity contribution in [3.8, 4) is 0 Å². The topological polar surface area (TPSA) is 41.1 Å². The van der Waals surface area contributed by atoms with E-state index < -0.39 is 0 Å². The summed E-state index contributed by atoms with van der Waals surface area (Å²) >= 11 is 0. The number of benzene rings is 1. The zero-order chi connectivity index (χ0) is 12.1. The van der Waals surface area contributed by atoms with E-state index in [1.807, 2.05) is 0 Å². The Hall–Kier alpha value is -1.13. The van der Waals surface area contributed by atoms with Gasteiger partial charge in [0.1, 0.15) is 5.82 Å². The minimum absolute atomic E-state index is 0. The molecule has 0 aliphatic carbocycles. The molecular weight excluding hydrogens is 255 g/mol. The van der Waals surface area contributed by atoms with Gasteiger partial charge in [-0.15, -0.1) is 12.4 Å². The third kappa shape index (κ3) is 4.63. The molecule has 1 fully saturated rings. The Balaban J connectivity index is 0.00000162. The number of amides is 1. The Bertz CT molecular complexity index is 394. The van der Waals surface area contributed by atoms with Gasteiger partial charge in [-0.1, -0.05) is 12.1 Å². The summed E-state index contributed by atoms with van der Waals surface area (Å²) in [5, 5.41) is 6.08. The lowest BCUT2D eigenvalue weighted by molar-refractivity contribution is -0.121. The average Bonchev–Trinajstić information content (AvgIpc) is 2.79. The van der Waals surface area contributed by atoms with E-state index in [4.69, 9.17) is 0 Å². The van der Waals surface area contributed by atoms with Crippen molar-refractivity contribution in [1.29, 1.82) is 0 Å². The number of carbonyl (C=O) groups is 1. The molecule has 1 amide bonds. The van der Waals surface area contributed by atoms with Crippen LogP contribution in [0, 0.1) is 5.82 Å². The molecule has 3 nitrogen and oxygen atoms in total. The number of hydrogen-bond acceptors (Lipinski definition) is 2. The quantitative estimate of drug-likeness (QED) is 0.880. The Labute approximate surface area is 113 Å². The highest BCUT2D eigenvalue weighted by Gasteiger charge is 2.17. The standard InChI is InChI=1S/C13H17FN2O.ClH/c14-11-4-1-3-10(7-11)9-16-13(17)8-12-5-2-6-15-12;/h1,3-4,7,12,15H,2,5-6,8-9H2,(H,16,17);1H. The molecule has 1 saturated heterocycles. The van der Waals surface area contributed by atoms with E-state index in [9.17, 15) is 9.18 Å². The lowest BCUT2D eigenvalue weighted by atomic mass is 10.1. The molecule has 1 aromatic carbocycles. The third-order valence-electron chi connectivity index (χ3n) is 2.97. The van der Waals surface area contributed by atoms with Crippen LogP contribution in [0.3, 0.4) is 0 Å². The fraction of sp³-hybridized carbons (Fsp3) is 0.462. The smallest absolute Gasteiger partial charge is 0.221 e. The molecule has 1 heterocycles. The monoisotopic (exact) mass is 272 g/mol. The van der Waals surface area contributed by atoms with Gasteiger partial charge in [-0.2, -0.15) is 0 Å². The normalized spacial score (nSPS) is 18.2. The molecule has 100 valence electrons. The number of halogens is 2. The van der Waals surface area contributed by atoms with Crippen molar-refractivity contribution in [2.75, 3.05) is 6.54 Å². The van der Waals surface area contributed by atoms with Gasteiger partial charge in [0.25, 0.3) is 0 Å². The summed E-state index contributed by atoms with van der Waals surface area (Å²) in [5.41, 5.74) is 0.790. The molecule has 1 aromatic rings. The van der Waals surface area contributed by atoms with Crippen molar-refractivity contribution in [2.45, 2.75) is 31.8 Å². The van der Waals surface area contributed by atoms with Crippen LogP contribution in [0.15, 0.2) is 24.3 Å². The molecule has 0 saturated carbocycles. The Morgan fingerprint density at radius 2 is 2.33 bits per heavy atom. The van der Waals surface area contributed by atoms with E-state index in [1.54, 1.807) is 12.1 Å². The molecule has 0 bridgehead atoms. The Kier molecular flexibility index (Phi) is 6.09. The minimum atomic E-state index is -0.269. The van der Waals surface area contributed by atoms with Crippen LogP contribution in [0.25, 0.3) is 0 Å². The van der Waals surface area contributed by atoms with E-state index in [-0.39, 0.29) is 24.1 Å². The van der Waals surface area contributed by atoms with E-state index in [1.165, 1.54) is 12.1 Å². The van der Waals surface area contributed by atoms with Gasteiger partial charge in [0.15, 0.2) is 0 Å². The molecule has 0 spiro atoms. The summed E-state index contributed by atoms with van der Waals surface area (Å²) < 4.78 is 12.9. The van der Waals surface area contributed by atoms with Gasteiger partial charge in [0.05, 0.1) is 0 Å². The summed E-state index contributed by atoms with van der Waals surface area (Å²) in [7, 11) is 0. The molecule has 5 heteroatoms. The van der Waals surface area contributed by atoms with E-state index in [0.29, 0.717) is 19.0 Å². The van der Waals surface area contributed by atoms with Crippen LogP contribution >= 0.6 is 12.4 Å². The fourth-order valence-corrected chi connectivity index (χ4v) is 2.07. The van der Waals surface area contributed by atoms with Gasteiger partial charge in [0.2, 0.25) is 5.91 Å². The number of hydrogen-bond donors (Lipinski definition) is 2. The number of rotatable bonds is 4. The Morgan fingerprint density at radius 1 is 1.50 bits per heavy atom. The van der Waals surface area contributed by atoms with Crippen LogP contribution in [0.2, 0.25) is 0 Å². The zero-order valence-corrected chi connectivity index (χ0v) is 10.9. The molecule has 1 aliphatic heterocycles. The second kappa shape index (κ2) is 7.34. The van der Waals surface area contributed by atoms with Gasteiger partial charge in [0, 0.05) is 19.0 Å². The predicted molar refractivity (Wildman–Crippen MR) is 71.1 cm³/mol. The molecule has 0 radical (unpaired) electrons. The van der Waals surface area contributed by atoms with Gasteiger partial charge in [-0.05, 0) is 37.1 Å². The maximum atomic E-state index is 12.9. The first-order chi connectivity index (χ1) is 8.24. The molecule has 2 N–H and O–H groups in total. The first-order valence-electron chi connectivity index (χ1n) is 5.98. The summed E-state index contributed by atoms with van der Waals surface area (Å²) in [6, 6.07) is 6.59. The second-order valence-corrected chi connectivity index (χ2v) is 4.40. The summed E-state index contributed by atoms with van der Waals surface area (Å²) in [4.78, 5) is 11.6. The lowest BCUT2D eigenvalue weighted by Crippen LogP contribution is -2.31. The first kappa shape index (κ1) is 14.9. The highest BCUT2D eigenvalue weighted by atomic mass is 35.5. The molecule has 1 atom stereocenters. The van der Waals surface area contributed by atoms with Crippen molar-refractivity contribution in [3.05, 3.63) is 35.6 Å². The lowest BCUT2D eigenvalue weighted by Gasteiger charge is -2.10. The van der Waals surface area contributed by atoms with E-state index >= 15 is 0 Å². The second-order valence-electron chi connectivity index (χ2n) is 4.40. The summed E-state index contributed by atoms with van der Waals surface area (Å²) in [5.74, 6) is -0.247. The van der Waals surface area contributed by atoms with Gasteiger partial charge < -0.3 is 10.6 Å². The average molecular weight is 273 g/mol. The van der Waals surface area contributed by atoms with E-state index in [2.05, 4.69) is 10.6 Å². The summed E-state index contributed by atoms with van der Waals surface area (Å²) in [6.07, 6.45) is 2.71. The third-order valence-corrected chi connectivity index (χ3v) is 2.97. The van der Waals surface area contributed by atoms with Crippen LogP contribution in [0.4, 0.5) is 4.39 Å². The van der Waals surface area contributed by atoms with E-state index in [0.717, 1.165) is 24.9 Å². The Morgan fingerprint density at radius 3 is 3.00 bits per heavy atom. The van der Waals surface area contributed by atoms with Crippen LogP contribution in [0.1, 0.15) is 24.8 Å². The minimum Gasteiger partial charge on any atom is -0.352 e. The van der Waals surface area contributed by atoms with Crippen LogP contribution < -0.4 is 10.6 Å². The maximum Gasteiger partial charge on any atom is 0.221 e. The zero-order valence-electron chi connectivity index (χ0n) is 10.1. The largest absolute Gasteiger partial charge is 0.352 e. The van der Waals surface area contributed by atoms with Crippen molar-refractivity contribution in [3.63, 3.8) is 0 Å². The number of carbonyl (C=O) groups excluding carboxylic acids is 1. The summed E-state index contributed by atoms with van der Waals surface area (Å²) in [6.45, 7) is 1.39. The molecule has 1 aliphatic rings. The van der Waals surface area contributed by atoms with Crippen molar-refractivity contribution < 1.29 is 9.18 Å². The van der Waals surface area contributed by atoms with Crippen molar-refractivity contribution in [2.24, 2.45) is 0 Å². The van der Waals surface area contributed by atoms with Crippen LogP contribution in [-0.2, 0) is 11.3 Å². The molecule has 0 aromatic heterocycles. The van der Waals surface area contributed by atoms with Gasteiger partial charge >= 0.3 is 0 Å². The maximum absolute atomic E-state index is 12.9. The highest BCUT2D eigenvalue weighted by Crippen LogP contribution is 2.08. The van der Waals surface area contributed by atoms with Crippen LogP contribution in [0.5, 0.6) is 0 Å². The SMILES string of the molecule is Cl.O=C(CC1CCCN1)NCc1cccc(F)c1. The molecule has 1 unspecified atom stereocenters. The molecule has 18 heavy (non-hydrogen) atoms. The molecular formula is C13H18ClFN2O. The number of nitrogens with one attached hydrogen (secondary N) is 2. The van der Waals surface area contributed by atoms with Crippen molar-refractivity contribution in [1.82, 2.24) is 10.6 Å². The molecule has 2 rings (SSSR count). The highest BCUT2D eigenvalue weighted by molar-refractivity contribution is 5.85. The van der Waals surface area contributed by atoms with Crippen molar-refractivity contribution >= 4 is 18.3 Å².